The molecule has 2 atom stereocenters. The first kappa shape index (κ1) is 26.5. The van der Waals surface area contributed by atoms with Crippen molar-refractivity contribution in [1.29, 1.82) is 5.26 Å². The summed E-state index contributed by atoms with van der Waals surface area (Å²) >= 11 is 0.991. The van der Waals surface area contributed by atoms with Gasteiger partial charge in [0.1, 0.15) is 5.92 Å². The van der Waals surface area contributed by atoms with Crippen molar-refractivity contribution in [3.63, 3.8) is 0 Å². The Hall–Kier alpha value is -4.10. The fourth-order valence-electron chi connectivity index (χ4n) is 3.95. The number of anilines is 1. The van der Waals surface area contributed by atoms with Crippen molar-refractivity contribution in [2.75, 3.05) is 25.3 Å². The Kier molecular flexibility index (Phi) is 8.51. The molecule has 1 heterocycles. The number of carbonyl (C=O) groups excluding carboxylic acids is 4. The smallest absolute Gasteiger partial charge is 0.337 e. The number of amides is 2. The number of esters is 2. The van der Waals surface area contributed by atoms with Crippen LogP contribution in [0.15, 0.2) is 53.1 Å². The van der Waals surface area contributed by atoms with E-state index in [1.54, 1.807) is 12.1 Å². The zero-order valence-corrected chi connectivity index (χ0v) is 21.0. The number of ether oxygens (including phenoxy) is 2. The zero-order chi connectivity index (χ0) is 26.4. The van der Waals surface area contributed by atoms with E-state index in [1.165, 1.54) is 19.2 Å². The molecule has 36 heavy (non-hydrogen) atoms. The number of thioether (sulfide) groups is 1. The number of hydrogen-bond acceptors (Lipinski definition) is 8. The van der Waals surface area contributed by atoms with E-state index in [9.17, 15) is 24.4 Å². The molecule has 2 N–H and O–H groups in total. The molecule has 3 rings (SSSR count). The molecular weight excluding hydrogens is 482 g/mol. The minimum Gasteiger partial charge on any atom is -0.468 e. The van der Waals surface area contributed by atoms with Crippen molar-refractivity contribution < 1.29 is 28.7 Å². The molecule has 0 spiro atoms. The maximum atomic E-state index is 13.0. The minimum absolute atomic E-state index is 0.0779. The highest BCUT2D eigenvalue weighted by Crippen LogP contribution is 2.40. The van der Waals surface area contributed by atoms with Crippen LogP contribution in [-0.2, 0) is 23.9 Å². The van der Waals surface area contributed by atoms with Gasteiger partial charge in [0.15, 0.2) is 0 Å². The number of nitrogens with one attached hydrogen (secondary N) is 2. The molecule has 1 aliphatic heterocycles. The summed E-state index contributed by atoms with van der Waals surface area (Å²) in [6, 6.07) is 13.8. The molecule has 0 unspecified atom stereocenters. The molecule has 2 amide bonds. The number of allylic oxidation sites excluding steroid dienone is 1. The molecule has 2 aromatic rings. The van der Waals surface area contributed by atoms with Crippen LogP contribution in [-0.4, -0.2) is 43.7 Å². The highest BCUT2D eigenvalue weighted by molar-refractivity contribution is 8.03. The summed E-state index contributed by atoms with van der Waals surface area (Å²) in [5.41, 5.74) is 3.37. The summed E-state index contributed by atoms with van der Waals surface area (Å²) in [5, 5.41) is 15.6. The number of nitrogens with zero attached hydrogens (tertiary/aromatic N) is 1. The van der Waals surface area contributed by atoms with E-state index in [4.69, 9.17) is 9.47 Å². The molecule has 10 heteroatoms. The van der Waals surface area contributed by atoms with E-state index in [0.717, 1.165) is 30.0 Å². The average Bonchev–Trinajstić information content (AvgIpc) is 2.88. The summed E-state index contributed by atoms with van der Waals surface area (Å²) in [6.45, 7) is 3.77. The van der Waals surface area contributed by atoms with Crippen molar-refractivity contribution in [2.45, 2.75) is 19.8 Å². The number of para-hydroxylation sites is 1. The van der Waals surface area contributed by atoms with Gasteiger partial charge in [-0.1, -0.05) is 42.1 Å². The lowest BCUT2D eigenvalue weighted by molar-refractivity contribution is -0.150. The van der Waals surface area contributed by atoms with E-state index < -0.39 is 29.7 Å². The van der Waals surface area contributed by atoms with Crippen LogP contribution < -0.4 is 10.6 Å². The van der Waals surface area contributed by atoms with Crippen LogP contribution in [0.1, 0.15) is 33.0 Å². The van der Waals surface area contributed by atoms with E-state index in [-0.39, 0.29) is 27.8 Å². The van der Waals surface area contributed by atoms with Crippen molar-refractivity contribution in [2.24, 2.45) is 5.92 Å². The van der Waals surface area contributed by atoms with Gasteiger partial charge in [-0.15, -0.1) is 0 Å². The third kappa shape index (κ3) is 5.58. The van der Waals surface area contributed by atoms with Crippen molar-refractivity contribution in [3.8, 4) is 6.07 Å². The third-order valence-corrected chi connectivity index (χ3v) is 6.78. The third-order valence-electron chi connectivity index (χ3n) is 5.77. The molecule has 0 saturated carbocycles. The SMILES string of the molecule is COC(=O)c1ccc([C@@H]2C(C#N)=C(SCC(=O)Nc3c(C)cccc3C)NC(=O)[C@H]2C(=O)OC)cc1. The maximum absolute atomic E-state index is 13.0. The van der Waals surface area contributed by atoms with Gasteiger partial charge < -0.3 is 20.1 Å². The lowest BCUT2D eigenvalue weighted by Gasteiger charge is -2.31. The van der Waals surface area contributed by atoms with Gasteiger partial charge in [0.25, 0.3) is 0 Å². The molecule has 2 aromatic carbocycles. The first-order valence-electron chi connectivity index (χ1n) is 10.9. The predicted octanol–water partition coefficient (Wildman–Crippen LogP) is 3.20. The van der Waals surface area contributed by atoms with Gasteiger partial charge in [-0.05, 0) is 42.7 Å². The highest BCUT2D eigenvalue weighted by Gasteiger charge is 2.44. The fraction of sp³-hybridized carbons (Fsp3) is 0.269. The number of aryl methyl sites for hydroxylation is 2. The van der Waals surface area contributed by atoms with Crippen molar-refractivity contribution in [3.05, 3.63) is 75.3 Å². The Morgan fingerprint density at radius 2 is 1.69 bits per heavy atom. The fourth-order valence-corrected chi connectivity index (χ4v) is 4.80. The van der Waals surface area contributed by atoms with Gasteiger partial charge in [0.05, 0.1) is 42.2 Å². The van der Waals surface area contributed by atoms with Gasteiger partial charge in [-0.2, -0.15) is 5.26 Å². The summed E-state index contributed by atoms with van der Waals surface area (Å²) < 4.78 is 9.54. The number of benzene rings is 2. The quantitative estimate of drug-likeness (QED) is 0.431. The monoisotopic (exact) mass is 507 g/mol. The molecule has 0 aliphatic carbocycles. The Labute approximate surface area is 212 Å². The minimum atomic E-state index is -1.32. The second-order valence-corrected chi connectivity index (χ2v) is 9.03. The number of hydrogen-bond donors (Lipinski definition) is 2. The van der Waals surface area contributed by atoms with Crippen LogP contribution >= 0.6 is 11.8 Å². The second kappa shape index (κ2) is 11.6. The standard InChI is InChI=1S/C26H25N3O6S/c1-14-6-5-7-15(2)22(14)28-19(30)13-36-24-18(12-27)20(21(23(31)29-24)26(33)35-4)16-8-10-17(11-9-16)25(32)34-3/h5-11,20-21H,13H2,1-4H3,(H,28,30)(H,29,31)/t20-,21+/m1/s1. The molecule has 0 bridgehead atoms. The largest absolute Gasteiger partial charge is 0.468 e. The first-order chi connectivity index (χ1) is 17.2. The first-order valence-corrected chi connectivity index (χ1v) is 11.9. The number of carbonyl (C=O) groups is 4. The van der Waals surface area contributed by atoms with Gasteiger partial charge in [0.2, 0.25) is 11.8 Å². The molecule has 1 aliphatic rings. The Bertz CT molecular complexity index is 1260. The number of methoxy groups -OCH3 is 2. The van der Waals surface area contributed by atoms with Crippen molar-refractivity contribution in [1.82, 2.24) is 5.32 Å². The molecule has 9 nitrogen and oxygen atoms in total. The normalized spacial score (nSPS) is 17.0. The van der Waals surface area contributed by atoms with Crippen molar-refractivity contribution >= 4 is 41.2 Å². The zero-order valence-electron chi connectivity index (χ0n) is 20.2. The van der Waals surface area contributed by atoms with E-state index in [0.29, 0.717) is 11.3 Å². The van der Waals surface area contributed by atoms with Crippen LogP contribution in [0.4, 0.5) is 5.69 Å². The van der Waals surface area contributed by atoms with Crippen LogP contribution in [0.5, 0.6) is 0 Å². The van der Waals surface area contributed by atoms with Crippen LogP contribution in [0.2, 0.25) is 0 Å². The summed E-state index contributed by atoms with van der Waals surface area (Å²) in [6.07, 6.45) is 0. The van der Waals surface area contributed by atoms with Crippen LogP contribution in [0.25, 0.3) is 0 Å². The second-order valence-electron chi connectivity index (χ2n) is 8.04. The van der Waals surface area contributed by atoms with Crippen LogP contribution in [0.3, 0.4) is 0 Å². The number of nitriles is 1. The summed E-state index contributed by atoms with van der Waals surface area (Å²) in [5.74, 6) is -4.68. The topological polar surface area (TPSA) is 135 Å². The number of rotatable bonds is 7. The molecule has 0 fully saturated rings. The predicted molar refractivity (Wildman–Crippen MR) is 134 cm³/mol. The maximum Gasteiger partial charge on any atom is 0.337 e. The lowest BCUT2D eigenvalue weighted by Crippen LogP contribution is -2.44. The van der Waals surface area contributed by atoms with E-state index in [1.807, 2.05) is 32.0 Å². The Balaban J connectivity index is 1.92. The van der Waals surface area contributed by atoms with Gasteiger partial charge in [0, 0.05) is 11.6 Å². The molecule has 0 radical (unpaired) electrons. The van der Waals surface area contributed by atoms with Crippen LogP contribution in [0, 0.1) is 31.1 Å². The molecule has 0 saturated heterocycles. The summed E-state index contributed by atoms with van der Waals surface area (Å²) in [4.78, 5) is 49.9. The Morgan fingerprint density at radius 3 is 2.25 bits per heavy atom. The highest BCUT2D eigenvalue weighted by atomic mass is 32.2. The Morgan fingerprint density at radius 1 is 1.06 bits per heavy atom. The van der Waals surface area contributed by atoms with Gasteiger partial charge in [-0.3, -0.25) is 14.4 Å². The van der Waals surface area contributed by atoms with Gasteiger partial charge in [-0.25, -0.2) is 4.79 Å². The molecular formula is C26H25N3O6S. The van der Waals surface area contributed by atoms with E-state index in [2.05, 4.69) is 16.7 Å². The summed E-state index contributed by atoms with van der Waals surface area (Å²) in [7, 11) is 2.41. The van der Waals surface area contributed by atoms with E-state index >= 15 is 0 Å². The molecule has 186 valence electrons. The van der Waals surface area contributed by atoms with Gasteiger partial charge >= 0.3 is 11.9 Å². The average molecular weight is 508 g/mol. The lowest BCUT2D eigenvalue weighted by atomic mass is 9.78. The molecule has 0 aromatic heterocycles.